The number of benzene rings is 1. The highest BCUT2D eigenvalue weighted by Gasteiger charge is 2.06. The van der Waals surface area contributed by atoms with Crippen LogP contribution in [0.4, 0.5) is 0 Å². The standard InChI is InChI=1S/C13H13N3O2/c1-2-18-13(17)12(15-16-14)10-6-9-11-7-4-3-5-8-11/h3-10H,2H2,1H3. The van der Waals surface area contributed by atoms with Gasteiger partial charge in [-0.2, -0.15) is 0 Å². The average Bonchev–Trinajstić information content (AvgIpc) is 2.39. The van der Waals surface area contributed by atoms with Gasteiger partial charge < -0.3 is 4.74 Å². The zero-order valence-corrected chi connectivity index (χ0v) is 9.98. The molecule has 92 valence electrons. The fourth-order valence-electron chi connectivity index (χ4n) is 1.21. The van der Waals surface area contributed by atoms with Gasteiger partial charge in [-0.1, -0.05) is 47.6 Å². The van der Waals surface area contributed by atoms with Crippen LogP contribution in [0.3, 0.4) is 0 Å². The van der Waals surface area contributed by atoms with E-state index >= 15 is 0 Å². The Morgan fingerprint density at radius 3 is 2.78 bits per heavy atom. The number of allylic oxidation sites excluding steroid dienone is 2. The van der Waals surface area contributed by atoms with Crippen LogP contribution in [0, 0.1) is 0 Å². The van der Waals surface area contributed by atoms with Crippen molar-refractivity contribution in [3.05, 3.63) is 64.2 Å². The number of hydrogen-bond donors (Lipinski definition) is 0. The minimum absolute atomic E-state index is 0.0634. The van der Waals surface area contributed by atoms with E-state index in [1.807, 2.05) is 30.3 Å². The molecule has 1 aromatic rings. The second-order valence-electron chi connectivity index (χ2n) is 3.23. The summed E-state index contributed by atoms with van der Waals surface area (Å²) in [7, 11) is 0. The maximum atomic E-state index is 11.4. The Bertz CT molecular complexity index is 500. The molecule has 0 spiro atoms. The van der Waals surface area contributed by atoms with E-state index in [1.54, 1.807) is 19.1 Å². The highest BCUT2D eigenvalue weighted by Crippen LogP contribution is 2.05. The Balaban J connectivity index is 2.81. The van der Waals surface area contributed by atoms with E-state index < -0.39 is 5.97 Å². The number of rotatable bonds is 5. The van der Waals surface area contributed by atoms with Crippen LogP contribution in [-0.4, -0.2) is 12.6 Å². The highest BCUT2D eigenvalue weighted by molar-refractivity contribution is 5.88. The molecule has 0 saturated heterocycles. The Labute approximate surface area is 105 Å². The quantitative estimate of drug-likeness (QED) is 0.198. The topological polar surface area (TPSA) is 75.1 Å². The lowest BCUT2D eigenvalue weighted by Gasteiger charge is -1.99. The van der Waals surface area contributed by atoms with Crippen LogP contribution < -0.4 is 0 Å². The zero-order chi connectivity index (χ0) is 13.2. The van der Waals surface area contributed by atoms with E-state index in [1.165, 1.54) is 6.08 Å². The van der Waals surface area contributed by atoms with E-state index in [0.717, 1.165) is 5.56 Å². The van der Waals surface area contributed by atoms with Crippen LogP contribution >= 0.6 is 0 Å². The molecule has 0 N–H and O–H groups in total. The molecule has 0 heterocycles. The predicted octanol–water partition coefficient (Wildman–Crippen LogP) is 3.46. The molecule has 0 aromatic heterocycles. The first-order chi connectivity index (χ1) is 8.77. The van der Waals surface area contributed by atoms with E-state index in [2.05, 4.69) is 10.0 Å². The molecule has 0 bridgehead atoms. The maximum absolute atomic E-state index is 11.4. The molecule has 18 heavy (non-hydrogen) atoms. The summed E-state index contributed by atoms with van der Waals surface area (Å²) < 4.78 is 4.75. The predicted molar refractivity (Wildman–Crippen MR) is 69.3 cm³/mol. The maximum Gasteiger partial charge on any atom is 0.340 e. The van der Waals surface area contributed by atoms with E-state index in [-0.39, 0.29) is 12.3 Å². The molecular weight excluding hydrogens is 230 g/mol. The molecule has 0 unspecified atom stereocenters. The lowest BCUT2D eigenvalue weighted by atomic mass is 10.2. The van der Waals surface area contributed by atoms with Gasteiger partial charge in [-0.15, -0.1) is 0 Å². The molecular formula is C13H13N3O2. The minimum atomic E-state index is -0.631. The summed E-state index contributed by atoms with van der Waals surface area (Å²) >= 11 is 0. The van der Waals surface area contributed by atoms with Crippen molar-refractivity contribution in [3.63, 3.8) is 0 Å². The van der Waals surface area contributed by atoms with E-state index in [0.29, 0.717) is 0 Å². The summed E-state index contributed by atoms with van der Waals surface area (Å²) in [5, 5.41) is 3.29. The number of esters is 1. The minimum Gasteiger partial charge on any atom is -0.462 e. The molecule has 5 heteroatoms. The summed E-state index contributed by atoms with van der Waals surface area (Å²) in [6.45, 7) is 1.92. The lowest BCUT2D eigenvalue weighted by molar-refractivity contribution is -0.138. The molecule has 0 saturated carbocycles. The Morgan fingerprint density at radius 2 is 2.17 bits per heavy atom. The van der Waals surface area contributed by atoms with Crippen LogP contribution in [-0.2, 0) is 9.53 Å². The van der Waals surface area contributed by atoms with Gasteiger partial charge in [0, 0.05) is 4.91 Å². The van der Waals surface area contributed by atoms with Gasteiger partial charge in [0.2, 0.25) is 0 Å². The Hall–Kier alpha value is -2.52. The van der Waals surface area contributed by atoms with Gasteiger partial charge >= 0.3 is 5.97 Å². The monoisotopic (exact) mass is 243 g/mol. The van der Waals surface area contributed by atoms with Gasteiger partial charge in [0.1, 0.15) is 5.70 Å². The van der Waals surface area contributed by atoms with Gasteiger partial charge in [0.15, 0.2) is 0 Å². The van der Waals surface area contributed by atoms with Crippen molar-refractivity contribution < 1.29 is 9.53 Å². The van der Waals surface area contributed by atoms with E-state index in [9.17, 15) is 4.79 Å². The van der Waals surface area contributed by atoms with Crippen molar-refractivity contribution in [2.75, 3.05) is 6.61 Å². The smallest absolute Gasteiger partial charge is 0.340 e. The SMILES string of the molecule is CCOC(=O)C(=CC=Cc1ccccc1)N=[N+]=[N-]. The first-order valence-electron chi connectivity index (χ1n) is 5.43. The van der Waals surface area contributed by atoms with Gasteiger partial charge in [0.05, 0.1) is 6.61 Å². The second kappa shape index (κ2) is 7.70. The van der Waals surface area contributed by atoms with Crippen LogP contribution in [0.15, 0.2) is 53.3 Å². The van der Waals surface area contributed by atoms with Gasteiger partial charge in [-0.25, -0.2) is 4.79 Å². The van der Waals surface area contributed by atoms with Crippen LogP contribution in [0.2, 0.25) is 0 Å². The van der Waals surface area contributed by atoms with Crippen molar-refractivity contribution in [3.8, 4) is 0 Å². The highest BCUT2D eigenvalue weighted by atomic mass is 16.5. The number of azide groups is 1. The average molecular weight is 243 g/mol. The van der Waals surface area contributed by atoms with Crippen LogP contribution in [0.5, 0.6) is 0 Å². The molecule has 1 rings (SSSR count). The van der Waals surface area contributed by atoms with E-state index in [4.69, 9.17) is 10.3 Å². The third kappa shape index (κ3) is 4.55. The van der Waals surface area contributed by atoms with Gasteiger partial charge in [0.25, 0.3) is 0 Å². The van der Waals surface area contributed by atoms with Gasteiger partial charge in [-0.3, -0.25) is 0 Å². The lowest BCUT2D eigenvalue weighted by Crippen LogP contribution is -2.05. The third-order valence-corrected chi connectivity index (χ3v) is 1.98. The summed E-state index contributed by atoms with van der Waals surface area (Å²) in [6.07, 6.45) is 4.85. The molecule has 0 atom stereocenters. The number of carbonyl (C=O) groups is 1. The molecule has 0 aliphatic carbocycles. The summed E-state index contributed by atoms with van der Waals surface area (Å²) in [5.74, 6) is -0.631. The number of hydrogen-bond acceptors (Lipinski definition) is 3. The molecule has 0 amide bonds. The number of ether oxygens (including phenoxy) is 1. The summed E-state index contributed by atoms with van der Waals surface area (Å²) in [4.78, 5) is 14.0. The summed E-state index contributed by atoms with van der Waals surface area (Å²) in [6, 6.07) is 9.56. The van der Waals surface area contributed by atoms with Crippen LogP contribution in [0.25, 0.3) is 16.5 Å². The van der Waals surface area contributed by atoms with Crippen molar-refractivity contribution in [1.82, 2.24) is 0 Å². The zero-order valence-electron chi connectivity index (χ0n) is 9.98. The van der Waals surface area contributed by atoms with Crippen molar-refractivity contribution in [1.29, 1.82) is 0 Å². The largest absolute Gasteiger partial charge is 0.462 e. The fraction of sp³-hybridized carbons (Fsp3) is 0.154. The second-order valence-corrected chi connectivity index (χ2v) is 3.23. The third-order valence-electron chi connectivity index (χ3n) is 1.98. The Morgan fingerprint density at radius 1 is 1.44 bits per heavy atom. The first kappa shape index (κ1) is 13.5. The molecule has 0 aliphatic rings. The Kier molecular flexibility index (Phi) is 5.80. The van der Waals surface area contributed by atoms with Gasteiger partial charge in [-0.05, 0) is 24.1 Å². The van der Waals surface area contributed by atoms with Crippen molar-refractivity contribution >= 4 is 12.0 Å². The van der Waals surface area contributed by atoms with Crippen molar-refractivity contribution in [2.45, 2.75) is 6.92 Å². The molecule has 5 nitrogen and oxygen atoms in total. The molecule has 1 aromatic carbocycles. The molecule has 0 radical (unpaired) electrons. The fourth-order valence-corrected chi connectivity index (χ4v) is 1.21. The van der Waals surface area contributed by atoms with Crippen molar-refractivity contribution in [2.24, 2.45) is 5.11 Å². The number of nitrogens with zero attached hydrogens (tertiary/aromatic N) is 3. The summed E-state index contributed by atoms with van der Waals surface area (Å²) in [5.41, 5.74) is 9.28. The van der Waals surface area contributed by atoms with Crippen LogP contribution in [0.1, 0.15) is 12.5 Å². The first-order valence-corrected chi connectivity index (χ1v) is 5.43. The normalized spacial score (nSPS) is 11.1. The molecule has 0 fully saturated rings. The number of carbonyl (C=O) groups excluding carboxylic acids is 1. The molecule has 0 aliphatic heterocycles.